The third kappa shape index (κ3) is 3.26. The van der Waals surface area contributed by atoms with Crippen LogP contribution in [0.2, 0.25) is 0 Å². The van der Waals surface area contributed by atoms with E-state index in [0.717, 1.165) is 75.2 Å². The van der Waals surface area contributed by atoms with Crippen molar-refractivity contribution in [2.75, 3.05) is 13.1 Å². The minimum Gasteiger partial charge on any atom is -0.297 e. The SMILES string of the molecule is Cn1cc(CN2CCC(Cn3nc4c(cc3=O)CCC4)CC2)nn1. The summed E-state index contributed by atoms with van der Waals surface area (Å²) < 4.78 is 3.45. The first-order chi connectivity index (χ1) is 11.7. The van der Waals surface area contributed by atoms with E-state index in [0.29, 0.717) is 5.92 Å². The lowest BCUT2D eigenvalue weighted by Crippen LogP contribution is -2.36. The third-order valence-corrected chi connectivity index (χ3v) is 5.20. The van der Waals surface area contributed by atoms with Crippen LogP contribution in [0.3, 0.4) is 0 Å². The van der Waals surface area contributed by atoms with E-state index in [1.54, 1.807) is 15.4 Å². The molecule has 0 spiro atoms. The van der Waals surface area contributed by atoms with Crippen molar-refractivity contribution in [2.45, 2.75) is 45.2 Å². The summed E-state index contributed by atoms with van der Waals surface area (Å²) in [5.41, 5.74) is 3.38. The van der Waals surface area contributed by atoms with E-state index >= 15 is 0 Å². The van der Waals surface area contributed by atoms with Gasteiger partial charge < -0.3 is 0 Å². The zero-order chi connectivity index (χ0) is 16.5. The molecule has 0 N–H and O–H groups in total. The van der Waals surface area contributed by atoms with E-state index < -0.39 is 0 Å². The topological polar surface area (TPSA) is 68.8 Å². The van der Waals surface area contributed by atoms with Crippen molar-refractivity contribution in [1.82, 2.24) is 29.7 Å². The Bertz CT molecular complexity index is 772. The molecular formula is C17H24N6O. The lowest BCUT2D eigenvalue weighted by molar-refractivity contribution is 0.162. The molecular weight excluding hydrogens is 304 g/mol. The van der Waals surface area contributed by atoms with Crippen LogP contribution in [-0.4, -0.2) is 42.8 Å². The van der Waals surface area contributed by atoms with E-state index in [1.165, 1.54) is 0 Å². The highest BCUT2D eigenvalue weighted by molar-refractivity contribution is 5.22. The number of fused-ring (bicyclic) bond motifs is 1. The zero-order valence-electron chi connectivity index (χ0n) is 14.2. The second-order valence-corrected chi connectivity index (χ2v) is 7.09. The highest BCUT2D eigenvalue weighted by Crippen LogP contribution is 2.21. The van der Waals surface area contributed by atoms with Gasteiger partial charge in [0.1, 0.15) is 0 Å². The molecule has 24 heavy (non-hydrogen) atoms. The van der Waals surface area contributed by atoms with Gasteiger partial charge in [-0.05, 0) is 56.7 Å². The predicted molar refractivity (Wildman–Crippen MR) is 89.5 cm³/mol. The highest BCUT2D eigenvalue weighted by atomic mass is 16.1. The Hall–Kier alpha value is -2.02. The van der Waals surface area contributed by atoms with Crippen molar-refractivity contribution in [3.8, 4) is 0 Å². The summed E-state index contributed by atoms with van der Waals surface area (Å²) in [6.07, 6.45) is 7.34. The van der Waals surface area contributed by atoms with Crippen molar-refractivity contribution >= 4 is 0 Å². The Morgan fingerprint density at radius 1 is 1.25 bits per heavy atom. The molecule has 1 saturated heterocycles. The summed E-state index contributed by atoms with van der Waals surface area (Å²) in [4.78, 5) is 14.6. The largest absolute Gasteiger partial charge is 0.297 e. The summed E-state index contributed by atoms with van der Waals surface area (Å²) in [5.74, 6) is 0.535. The average molecular weight is 328 g/mol. The molecule has 0 bridgehead atoms. The van der Waals surface area contributed by atoms with Crippen molar-refractivity contribution in [2.24, 2.45) is 13.0 Å². The number of aryl methyl sites for hydroxylation is 3. The van der Waals surface area contributed by atoms with E-state index in [4.69, 9.17) is 0 Å². The first-order valence-corrected chi connectivity index (χ1v) is 8.85. The normalized spacial score (nSPS) is 18.9. The van der Waals surface area contributed by atoms with E-state index in [2.05, 4.69) is 20.3 Å². The maximum atomic E-state index is 12.2. The van der Waals surface area contributed by atoms with Gasteiger partial charge in [-0.1, -0.05) is 5.21 Å². The second kappa shape index (κ2) is 6.47. The van der Waals surface area contributed by atoms with Gasteiger partial charge in [0.05, 0.1) is 11.4 Å². The minimum atomic E-state index is 0.0673. The molecule has 128 valence electrons. The van der Waals surface area contributed by atoms with Crippen LogP contribution in [0.5, 0.6) is 0 Å². The van der Waals surface area contributed by atoms with E-state index in [1.807, 2.05) is 13.2 Å². The molecule has 1 fully saturated rings. The van der Waals surface area contributed by atoms with Crippen molar-refractivity contribution in [3.05, 3.63) is 39.6 Å². The number of hydrogen-bond donors (Lipinski definition) is 0. The number of likely N-dealkylation sites (tertiary alicyclic amines) is 1. The van der Waals surface area contributed by atoms with Crippen molar-refractivity contribution in [1.29, 1.82) is 0 Å². The summed E-state index contributed by atoms with van der Waals surface area (Å²) in [6.45, 7) is 3.70. The number of hydrogen-bond acceptors (Lipinski definition) is 5. The fourth-order valence-electron chi connectivity index (χ4n) is 3.84. The molecule has 4 rings (SSSR count). The van der Waals surface area contributed by atoms with E-state index in [-0.39, 0.29) is 5.56 Å². The van der Waals surface area contributed by atoms with E-state index in [9.17, 15) is 4.79 Å². The Balaban J connectivity index is 1.34. The lowest BCUT2D eigenvalue weighted by Gasteiger charge is -2.31. The molecule has 2 aromatic rings. The maximum Gasteiger partial charge on any atom is 0.267 e. The molecule has 0 saturated carbocycles. The quantitative estimate of drug-likeness (QED) is 0.829. The number of nitrogens with zero attached hydrogens (tertiary/aromatic N) is 6. The third-order valence-electron chi connectivity index (χ3n) is 5.20. The lowest BCUT2D eigenvalue weighted by atomic mass is 9.96. The smallest absolute Gasteiger partial charge is 0.267 e. The van der Waals surface area contributed by atoms with Crippen molar-refractivity contribution < 1.29 is 0 Å². The van der Waals surface area contributed by atoms with Crippen LogP contribution in [0.15, 0.2) is 17.1 Å². The second-order valence-electron chi connectivity index (χ2n) is 7.09. The van der Waals surface area contributed by atoms with Gasteiger partial charge in [0.15, 0.2) is 0 Å². The van der Waals surface area contributed by atoms with Gasteiger partial charge in [0.25, 0.3) is 5.56 Å². The van der Waals surface area contributed by atoms with Gasteiger partial charge in [0.2, 0.25) is 0 Å². The van der Waals surface area contributed by atoms with Gasteiger partial charge in [-0.15, -0.1) is 5.10 Å². The molecule has 7 nitrogen and oxygen atoms in total. The van der Waals surface area contributed by atoms with Gasteiger partial charge in [0, 0.05) is 32.4 Å². The summed E-state index contributed by atoms with van der Waals surface area (Å²) >= 11 is 0. The Labute approximate surface area is 141 Å². The van der Waals surface area contributed by atoms with Gasteiger partial charge >= 0.3 is 0 Å². The predicted octanol–water partition coefficient (Wildman–Crippen LogP) is 0.773. The minimum absolute atomic E-state index is 0.0673. The van der Waals surface area contributed by atoms with Crippen LogP contribution in [0.1, 0.15) is 36.2 Å². The maximum absolute atomic E-state index is 12.2. The number of aromatic nitrogens is 5. The molecule has 0 amide bonds. The molecule has 1 aliphatic heterocycles. The Kier molecular flexibility index (Phi) is 4.18. The van der Waals surface area contributed by atoms with Gasteiger partial charge in [-0.25, -0.2) is 4.68 Å². The fourth-order valence-corrected chi connectivity index (χ4v) is 3.84. The number of piperidine rings is 1. The standard InChI is InChI=1S/C17H24N6O/c1-21-11-15(18-20-21)12-22-7-5-13(6-8-22)10-23-17(24)9-14-3-2-4-16(14)19-23/h9,11,13H,2-8,10,12H2,1H3. The van der Waals surface area contributed by atoms with Crippen LogP contribution < -0.4 is 5.56 Å². The first kappa shape index (κ1) is 15.5. The molecule has 2 aliphatic rings. The Morgan fingerprint density at radius 2 is 2.08 bits per heavy atom. The van der Waals surface area contributed by atoms with Crippen LogP contribution in [0, 0.1) is 5.92 Å². The van der Waals surface area contributed by atoms with Gasteiger partial charge in [-0.2, -0.15) is 5.10 Å². The molecule has 1 aliphatic carbocycles. The molecule has 3 heterocycles. The van der Waals surface area contributed by atoms with Crippen LogP contribution >= 0.6 is 0 Å². The summed E-state index contributed by atoms with van der Waals surface area (Å²) in [7, 11) is 1.89. The molecule has 2 aromatic heterocycles. The first-order valence-electron chi connectivity index (χ1n) is 8.85. The monoisotopic (exact) mass is 328 g/mol. The Morgan fingerprint density at radius 3 is 2.83 bits per heavy atom. The molecule has 0 radical (unpaired) electrons. The average Bonchev–Trinajstić information content (AvgIpc) is 3.18. The van der Waals surface area contributed by atoms with Crippen LogP contribution in [-0.2, 0) is 33.0 Å². The molecule has 0 atom stereocenters. The van der Waals surface area contributed by atoms with Crippen LogP contribution in [0.4, 0.5) is 0 Å². The van der Waals surface area contributed by atoms with Crippen LogP contribution in [0.25, 0.3) is 0 Å². The fraction of sp³-hybridized carbons (Fsp3) is 0.647. The summed E-state index contributed by atoms with van der Waals surface area (Å²) in [6, 6.07) is 1.80. The molecule has 0 unspecified atom stereocenters. The zero-order valence-corrected chi connectivity index (χ0v) is 14.2. The van der Waals surface area contributed by atoms with Crippen molar-refractivity contribution in [3.63, 3.8) is 0 Å². The van der Waals surface area contributed by atoms with Gasteiger partial charge in [-0.3, -0.25) is 14.4 Å². The molecule has 0 aromatic carbocycles. The highest BCUT2D eigenvalue weighted by Gasteiger charge is 2.22. The summed E-state index contributed by atoms with van der Waals surface area (Å²) in [5, 5.41) is 12.7. The molecule has 7 heteroatoms. The number of rotatable bonds is 4.